The van der Waals surface area contributed by atoms with E-state index in [0.717, 1.165) is 0 Å². The minimum Gasteiger partial charge on any atom is -0.445 e. The molecule has 1 rings (SSSR count). The van der Waals surface area contributed by atoms with Gasteiger partial charge in [0.1, 0.15) is 12.6 Å². The zero-order valence-corrected chi connectivity index (χ0v) is 16.2. The lowest BCUT2D eigenvalue weighted by molar-refractivity contribution is -0.194. The normalized spacial score (nSPS) is 14.5. The predicted octanol–water partition coefficient (Wildman–Crippen LogP) is 1.96. The van der Waals surface area contributed by atoms with Gasteiger partial charge in [-0.2, -0.15) is 24.9 Å². The summed E-state index contributed by atoms with van der Waals surface area (Å²) in [6, 6.07) is 6.99. The van der Waals surface area contributed by atoms with E-state index in [1.165, 1.54) is 11.8 Å². The molecule has 0 fully saturated rings. The molecule has 11 heteroatoms. The van der Waals surface area contributed by atoms with Gasteiger partial charge in [0.25, 0.3) is 5.91 Å². The van der Waals surface area contributed by atoms with Crippen LogP contribution in [-0.2, 0) is 20.9 Å². The van der Waals surface area contributed by atoms with E-state index in [4.69, 9.17) is 10.5 Å². The van der Waals surface area contributed by atoms with Gasteiger partial charge >= 0.3 is 12.3 Å². The standard InChI is InChI=1S/C17H22F3N3O4S/c1-16(17(18,19)20,14(25)22-12(13(21)24)8-9-28-2)23-15(26)27-10-11-6-4-3-5-7-11/h3-7,12H,8-10H2,1-2H3,(H2,21,24)(H,22,25)(H,23,26)/t12-,16?/m0/s1. The number of ether oxygens (including phenoxy) is 1. The maximum Gasteiger partial charge on any atom is 0.420 e. The fraction of sp³-hybridized carbons (Fsp3) is 0.471. The number of hydrogen-bond donors (Lipinski definition) is 3. The molecule has 0 aliphatic carbocycles. The Bertz CT molecular complexity index is 688. The average molecular weight is 421 g/mol. The number of alkyl carbamates (subject to hydrolysis) is 1. The molecule has 0 radical (unpaired) electrons. The fourth-order valence-corrected chi connectivity index (χ4v) is 2.51. The largest absolute Gasteiger partial charge is 0.445 e. The third kappa shape index (κ3) is 6.63. The quantitative estimate of drug-likeness (QED) is 0.565. The number of amides is 3. The Morgan fingerprint density at radius 3 is 2.32 bits per heavy atom. The number of nitrogens with one attached hydrogen (secondary N) is 2. The Kier molecular flexibility index (Phi) is 8.61. The molecule has 7 nitrogen and oxygen atoms in total. The van der Waals surface area contributed by atoms with Gasteiger partial charge in [0, 0.05) is 0 Å². The summed E-state index contributed by atoms with van der Waals surface area (Å²) >= 11 is 1.33. The third-order valence-corrected chi connectivity index (χ3v) is 4.49. The third-order valence-electron chi connectivity index (χ3n) is 3.85. The lowest BCUT2D eigenvalue weighted by Crippen LogP contribution is -2.67. The summed E-state index contributed by atoms with van der Waals surface area (Å²) < 4.78 is 45.4. The van der Waals surface area contributed by atoms with Gasteiger partial charge in [0.15, 0.2) is 0 Å². The van der Waals surface area contributed by atoms with Crippen LogP contribution in [0.3, 0.4) is 0 Å². The minimum absolute atomic E-state index is 0.0502. The first-order valence-corrected chi connectivity index (χ1v) is 9.55. The zero-order chi connectivity index (χ0) is 21.4. The summed E-state index contributed by atoms with van der Waals surface area (Å²) in [5, 5.41) is 3.51. The Hall–Kier alpha value is -2.43. The Morgan fingerprint density at radius 2 is 1.82 bits per heavy atom. The number of carbonyl (C=O) groups is 3. The molecular weight excluding hydrogens is 399 g/mol. The van der Waals surface area contributed by atoms with Crippen LogP contribution in [0.2, 0.25) is 0 Å². The number of primary amides is 1. The predicted molar refractivity (Wildman–Crippen MR) is 98.3 cm³/mol. The summed E-state index contributed by atoms with van der Waals surface area (Å²) in [4.78, 5) is 35.6. The van der Waals surface area contributed by atoms with Crippen molar-refractivity contribution in [3.05, 3.63) is 35.9 Å². The van der Waals surface area contributed by atoms with Crippen molar-refractivity contribution in [3.63, 3.8) is 0 Å². The van der Waals surface area contributed by atoms with Crippen molar-refractivity contribution in [2.24, 2.45) is 5.73 Å². The molecule has 1 unspecified atom stereocenters. The van der Waals surface area contributed by atoms with E-state index in [2.05, 4.69) is 0 Å². The SMILES string of the molecule is CSCC[C@H](NC(=O)C(C)(NC(=O)OCc1ccccc1)C(F)(F)F)C(N)=O. The van der Waals surface area contributed by atoms with E-state index in [1.54, 1.807) is 41.9 Å². The van der Waals surface area contributed by atoms with Crippen LogP contribution < -0.4 is 16.4 Å². The number of hydrogen-bond acceptors (Lipinski definition) is 5. The Morgan fingerprint density at radius 1 is 1.21 bits per heavy atom. The molecule has 0 aliphatic heterocycles. The number of benzene rings is 1. The monoisotopic (exact) mass is 421 g/mol. The van der Waals surface area contributed by atoms with E-state index in [9.17, 15) is 27.6 Å². The van der Waals surface area contributed by atoms with Crippen molar-refractivity contribution in [1.29, 1.82) is 0 Å². The summed E-state index contributed by atoms with van der Waals surface area (Å²) in [5.74, 6) is -2.19. The smallest absolute Gasteiger partial charge is 0.420 e. The van der Waals surface area contributed by atoms with Gasteiger partial charge in [-0.3, -0.25) is 14.9 Å². The summed E-state index contributed by atoms with van der Waals surface area (Å²) in [7, 11) is 0. The van der Waals surface area contributed by atoms with Crippen molar-refractivity contribution in [2.45, 2.75) is 37.7 Å². The number of rotatable bonds is 9. The van der Waals surface area contributed by atoms with E-state index >= 15 is 0 Å². The molecular formula is C17H22F3N3O4S. The second-order valence-electron chi connectivity index (χ2n) is 6.02. The van der Waals surface area contributed by atoms with Crippen LogP contribution in [-0.4, -0.2) is 47.7 Å². The lowest BCUT2D eigenvalue weighted by Gasteiger charge is -2.32. The highest BCUT2D eigenvalue weighted by Crippen LogP contribution is 2.31. The highest BCUT2D eigenvalue weighted by atomic mass is 32.2. The van der Waals surface area contributed by atoms with Crippen LogP contribution in [0.4, 0.5) is 18.0 Å². The van der Waals surface area contributed by atoms with Crippen LogP contribution >= 0.6 is 11.8 Å². The molecule has 0 spiro atoms. The highest BCUT2D eigenvalue weighted by molar-refractivity contribution is 7.98. The number of carbonyl (C=O) groups excluding carboxylic acids is 3. The van der Waals surface area contributed by atoms with Gasteiger partial charge < -0.3 is 15.8 Å². The summed E-state index contributed by atoms with van der Waals surface area (Å²) in [5.41, 5.74) is 2.38. The lowest BCUT2D eigenvalue weighted by atomic mass is 9.99. The van der Waals surface area contributed by atoms with Crippen molar-refractivity contribution in [3.8, 4) is 0 Å². The van der Waals surface area contributed by atoms with Crippen molar-refractivity contribution in [1.82, 2.24) is 10.6 Å². The number of alkyl halides is 3. The minimum atomic E-state index is -5.15. The summed E-state index contributed by atoms with van der Waals surface area (Å²) in [6.07, 6.45) is -4.80. The zero-order valence-electron chi connectivity index (χ0n) is 15.3. The first-order valence-electron chi connectivity index (χ1n) is 8.16. The van der Waals surface area contributed by atoms with Crippen LogP contribution in [0.25, 0.3) is 0 Å². The molecule has 1 aromatic carbocycles. The van der Waals surface area contributed by atoms with E-state index in [1.807, 2.05) is 5.32 Å². The Balaban J connectivity index is 2.87. The average Bonchev–Trinajstić information content (AvgIpc) is 2.62. The second-order valence-corrected chi connectivity index (χ2v) is 7.00. The highest BCUT2D eigenvalue weighted by Gasteiger charge is 2.58. The van der Waals surface area contributed by atoms with Gasteiger partial charge in [-0.25, -0.2) is 4.79 Å². The molecule has 0 bridgehead atoms. The van der Waals surface area contributed by atoms with Crippen LogP contribution in [0, 0.1) is 0 Å². The van der Waals surface area contributed by atoms with E-state index in [-0.39, 0.29) is 13.0 Å². The molecule has 0 aromatic heterocycles. The van der Waals surface area contributed by atoms with Gasteiger partial charge in [-0.05, 0) is 30.9 Å². The molecule has 0 saturated heterocycles. The molecule has 156 valence electrons. The summed E-state index contributed by atoms with van der Waals surface area (Å²) in [6.45, 7) is 0.207. The molecule has 28 heavy (non-hydrogen) atoms. The van der Waals surface area contributed by atoms with Crippen molar-refractivity contribution >= 4 is 29.7 Å². The van der Waals surface area contributed by atoms with Crippen LogP contribution in [0.1, 0.15) is 18.9 Å². The molecule has 4 N–H and O–H groups in total. The van der Waals surface area contributed by atoms with E-state index < -0.39 is 35.7 Å². The van der Waals surface area contributed by atoms with Crippen LogP contribution in [0.5, 0.6) is 0 Å². The first kappa shape index (κ1) is 23.6. The first-order chi connectivity index (χ1) is 13.0. The number of thioether (sulfide) groups is 1. The number of nitrogens with two attached hydrogens (primary N) is 1. The molecule has 3 amide bonds. The van der Waals surface area contributed by atoms with Gasteiger partial charge in [-0.15, -0.1) is 0 Å². The van der Waals surface area contributed by atoms with Gasteiger partial charge in [-0.1, -0.05) is 30.3 Å². The van der Waals surface area contributed by atoms with Crippen LogP contribution in [0.15, 0.2) is 30.3 Å². The maximum absolute atomic E-state index is 13.5. The second kappa shape index (κ2) is 10.2. The van der Waals surface area contributed by atoms with Gasteiger partial charge in [0.2, 0.25) is 11.4 Å². The Labute approximate surface area is 164 Å². The van der Waals surface area contributed by atoms with Crippen molar-refractivity contribution < 1.29 is 32.3 Å². The molecule has 0 aliphatic rings. The molecule has 1 aromatic rings. The fourth-order valence-electron chi connectivity index (χ4n) is 2.04. The maximum atomic E-state index is 13.5. The van der Waals surface area contributed by atoms with Crippen molar-refractivity contribution in [2.75, 3.05) is 12.0 Å². The van der Waals surface area contributed by atoms with E-state index in [0.29, 0.717) is 18.2 Å². The molecule has 0 saturated carbocycles. The topological polar surface area (TPSA) is 111 Å². The molecule has 2 atom stereocenters. The number of halogens is 3. The van der Waals surface area contributed by atoms with Gasteiger partial charge in [0.05, 0.1) is 0 Å². The molecule has 0 heterocycles.